The fourth-order valence-electron chi connectivity index (χ4n) is 5.24. The number of esters is 1. The fourth-order valence-corrected chi connectivity index (χ4v) is 5.24. The summed E-state index contributed by atoms with van der Waals surface area (Å²) >= 11 is 0. The molecule has 1 aromatic rings. The molecule has 0 N–H and O–H groups in total. The van der Waals surface area contributed by atoms with Crippen molar-refractivity contribution in [2.75, 3.05) is 0 Å². The van der Waals surface area contributed by atoms with Crippen molar-refractivity contribution in [2.24, 2.45) is 5.92 Å². The second-order valence-corrected chi connectivity index (χ2v) is 9.74. The summed E-state index contributed by atoms with van der Waals surface area (Å²) < 4.78 is 5.37. The smallest absolute Gasteiger partial charge is 0.389 e. The van der Waals surface area contributed by atoms with Crippen molar-refractivity contribution in [3.05, 3.63) is 46.2 Å². The van der Waals surface area contributed by atoms with Crippen LogP contribution in [0.5, 0.6) is 0 Å². The summed E-state index contributed by atoms with van der Waals surface area (Å²) in [6, 6.07) is 4.91. The molecule has 26 heavy (non-hydrogen) atoms. The lowest BCUT2D eigenvalue weighted by atomic mass is 9.62. The molecule has 4 rings (SSSR count). The minimum atomic E-state index is -0.580. The molecule has 0 bridgehead atoms. The molecule has 136 valence electrons. The molecule has 3 aliphatic carbocycles. The Morgan fingerprint density at radius 1 is 1.12 bits per heavy atom. The summed E-state index contributed by atoms with van der Waals surface area (Å²) in [4.78, 5) is 11.5. The predicted molar refractivity (Wildman–Crippen MR) is 104 cm³/mol. The molecule has 0 radical (unpaired) electrons. The number of rotatable bonds is 2. The van der Waals surface area contributed by atoms with Crippen LogP contribution in [-0.4, -0.2) is 5.97 Å². The number of hydrogen-bond acceptors (Lipinski definition) is 2. The maximum Gasteiger partial charge on any atom is 0.389 e. The molecule has 1 saturated carbocycles. The Balaban J connectivity index is 1.73. The van der Waals surface area contributed by atoms with E-state index in [4.69, 9.17) is 11.2 Å². The Labute approximate surface area is 157 Å². The van der Waals surface area contributed by atoms with Gasteiger partial charge in [0, 0.05) is 17.3 Å². The number of aryl methyl sites for hydroxylation is 1. The first kappa shape index (κ1) is 17.4. The second-order valence-electron chi connectivity index (χ2n) is 9.74. The van der Waals surface area contributed by atoms with E-state index < -0.39 is 5.97 Å². The Morgan fingerprint density at radius 2 is 1.73 bits per heavy atom. The van der Waals surface area contributed by atoms with Gasteiger partial charge in [-0.25, -0.2) is 4.79 Å². The van der Waals surface area contributed by atoms with E-state index in [1.807, 2.05) is 0 Å². The number of hydrogen-bond donors (Lipinski definition) is 0. The molecule has 0 spiro atoms. The molecule has 0 heterocycles. The van der Waals surface area contributed by atoms with Crippen molar-refractivity contribution in [3.63, 3.8) is 0 Å². The SMILES string of the molecule is C#CC(=O)OC1=CCC2(c3cc4c(cc3C)C(C)(C)CCC4(C)C)CC12. The average Bonchev–Trinajstić information content (AvgIpc) is 3.22. The van der Waals surface area contributed by atoms with Crippen molar-refractivity contribution in [3.8, 4) is 12.3 Å². The number of terminal acetylenes is 1. The van der Waals surface area contributed by atoms with Gasteiger partial charge in [-0.1, -0.05) is 39.8 Å². The predicted octanol–water partition coefficient (Wildman–Crippen LogP) is 5.07. The minimum Gasteiger partial charge on any atom is -0.421 e. The molecule has 2 nitrogen and oxygen atoms in total. The first-order valence-electron chi connectivity index (χ1n) is 9.65. The second kappa shape index (κ2) is 5.26. The molecule has 0 aromatic heterocycles. The van der Waals surface area contributed by atoms with Gasteiger partial charge in [0.05, 0.1) is 0 Å². The Morgan fingerprint density at radius 3 is 2.31 bits per heavy atom. The first-order chi connectivity index (χ1) is 12.1. The van der Waals surface area contributed by atoms with Crippen molar-refractivity contribution < 1.29 is 9.53 Å². The highest BCUT2D eigenvalue weighted by atomic mass is 16.5. The quantitative estimate of drug-likeness (QED) is 0.424. The zero-order valence-electron chi connectivity index (χ0n) is 16.5. The molecular weight excluding hydrogens is 320 g/mol. The average molecular weight is 348 g/mol. The van der Waals surface area contributed by atoms with Crippen LogP contribution in [-0.2, 0) is 25.8 Å². The van der Waals surface area contributed by atoms with Gasteiger partial charge in [-0.2, -0.15) is 0 Å². The third kappa shape index (κ3) is 2.37. The van der Waals surface area contributed by atoms with Crippen LogP contribution in [0.3, 0.4) is 0 Å². The van der Waals surface area contributed by atoms with E-state index in [2.05, 4.69) is 58.7 Å². The van der Waals surface area contributed by atoms with Crippen LogP contribution in [0.1, 0.15) is 75.6 Å². The van der Waals surface area contributed by atoms with Crippen LogP contribution < -0.4 is 0 Å². The molecule has 3 aliphatic rings. The van der Waals surface area contributed by atoms with Gasteiger partial charge in [-0.3, -0.25) is 0 Å². The number of ether oxygens (including phenoxy) is 1. The van der Waals surface area contributed by atoms with Gasteiger partial charge in [-0.05, 0) is 71.8 Å². The van der Waals surface area contributed by atoms with E-state index in [1.54, 1.807) is 0 Å². The van der Waals surface area contributed by atoms with Crippen molar-refractivity contribution in [1.82, 2.24) is 0 Å². The molecule has 0 aliphatic heterocycles. The van der Waals surface area contributed by atoms with Gasteiger partial charge in [0.1, 0.15) is 5.76 Å². The maximum absolute atomic E-state index is 11.5. The number of carbonyl (C=O) groups is 1. The zero-order valence-corrected chi connectivity index (χ0v) is 16.5. The van der Waals surface area contributed by atoms with Gasteiger partial charge in [0.2, 0.25) is 0 Å². The Kier molecular flexibility index (Phi) is 3.52. The summed E-state index contributed by atoms with van der Waals surface area (Å²) in [6.07, 6.45) is 11.7. The largest absolute Gasteiger partial charge is 0.421 e. The van der Waals surface area contributed by atoms with Crippen molar-refractivity contribution in [1.29, 1.82) is 0 Å². The summed E-state index contributed by atoms with van der Waals surface area (Å²) in [6.45, 7) is 11.7. The first-order valence-corrected chi connectivity index (χ1v) is 9.65. The third-order valence-corrected chi connectivity index (χ3v) is 7.15. The van der Waals surface area contributed by atoms with Crippen LogP contribution in [0.2, 0.25) is 0 Å². The normalized spacial score (nSPS) is 29.8. The van der Waals surface area contributed by atoms with Crippen LogP contribution in [0.25, 0.3) is 0 Å². The molecule has 2 heteroatoms. The Hall–Kier alpha value is -2.01. The Bertz CT molecular complexity index is 878. The lowest BCUT2D eigenvalue weighted by Gasteiger charge is -2.43. The number of benzene rings is 1. The summed E-state index contributed by atoms with van der Waals surface area (Å²) in [5.74, 6) is 2.56. The van der Waals surface area contributed by atoms with Crippen molar-refractivity contribution >= 4 is 5.97 Å². The molecular formula is C24H28O2. The van der Waals surface area contributed by atoms with E-state index >= 15 is 0 Å². The lowest BCUT2D eigenvalue weighted by molar-refractivity contribution is -0.133. The molecule has 2 atom stereocenters. The van der Waals surface area contributed by atoms with E-state index in [-0.39, 0.29) is 16.2 Å². The zero-order chi connectivity index (χ0) is 18.9. The van der Waals surface area contributed by atoms with Gasteiger partial charge < -0.3 is 4.74 Å². The van der Waals surface area contributed by atoms with Crippen LogP contribution in [0.4, 0.5) is 0 Å². The maximum atomic E-state index is 11.5. The van der Waals surface area contributed by atoms with E-state index in [1.165, 1.54) is 35.1 Å². The summed E-state index contributed by atoms with van der Waals surface area (Å²) in [5, 5.41) is 0. The van der Waals surface area contributed by atoms with Gasteiger partial charge in [0.25, 0.3) is 0 Å². The molecule has 1 fully saturated rings. The van der Waals surface area contributed by atoms with Crippen LogP contribution >= 0.6 is 0 Å². The van der Waals surface area contributed by atoms with Gasteiger partial charge in [0.15, 0.2) is 0 Å². The number of allylic oxidation sites excluding steroid dienone is 2. The lowest BCUT2D eigenvalue weighted by Crippen LogP contribution is -2.34. The van der Waals surface area contributed by atoms with Crippen molar-refractivity contribution in [2.45, 2.75) is 76.5 Å². The van der Waals surface area contributed by atoms with E-state index in [0.29, 0.717) is 5.92 Å². The fraction of sp³-hybridized carbons (Fsp3) is 0.542. The highest BCUT2D eigenvalue weighted by molar-refractivity contribution is 5.88. The summed E-state index contributed by atoms with van der Waals surface area (Å²) in [5.41, 5.74) is 6.37. The molecule has 2 unspecified atom stereocenters. The van der Waals surface area contributed by atoms with Gasteiger partial charge in [-0.15, -0.1) is 6.42 Å². The van der Waals surface area contributed by atoms with Gasteiger partial charge >= 0.3 is 5.97 Å². The highest BCUT2D eigenvalue weighted by Crippen LogP contribution is 2.65. The molecule has 1 aromatic carbocycles. The number of fused-ring (bicyclic) bond motifs is 2. The van der Waals surface area contributed by atoms with Crippen LogP contribution in [0, 0.1) is 25.2 Å². The third-order valence-electron chi connectivity index (χ3n) is 7.15. The monoisotopic (exact) mass is 348 g/mol. The molecule has 0 saturated heterocycles. The molecule has 0 amide bonds. The van der Waals surface area contributed by atoms with E-state index in [0.717, 1.165) is 18.6 Å². The topological polar surface area (TPSA) is 26.3 Å². The highest BCUT2D eigenvalue weighted by Gasteiger charge is 2.61. The minimum absolute atomic E-state index is 0.112. The standard InChI is InChI=1S/C24H28O2/c1-7-21(25)26-20-8-9-24(14-19(20)24)16-13-18-17(12-15(16)2)22(3,4)10-11-23(18,5)6/h1,8,12-13,19H,9-11,14H2,2-6H3. The summed E-state index contributed by atoms with van der Waals surface area (Å²) in [7, 11) is 0. The van der Waals surface area contributed by atoms with Crippen LogP contribution in [0.15, 0.2) is 24.0 Å². The number of carbonyl (C=O) groups excluding carboxylic acids is 1. The van der Waals surface area contributed by atoms with E-state index in [9.17, 15) is 4.79 Å².